The number of carbonyl (C=O) groups excluding carboxylic acids is 1. The summed E-state index contributed by atoms with van der Waals surface area (Å²) in [6, 6.07) is 3.93. The minimum atomic E-state index is -0.0192. The minimum absolute atomic E-state index is 0.0192. The van der Waals surface area contributed by atoms with Crippen LogP contribution in [0.25, 0.3) is 0 Å². The second kappa shape index (κ2) is 6.35. The molecule has 0 aromatic carbocycles. The fraction of sp³-hybridized carbons (Fsp3) is 0.538. The van der Waals surface area contributed by atoms with E-state index in [9.17, 15) is 4.79 Å². The summed E-state index contributed by atoms with van der Waals surface area (Å²) >= 11 is 0. The summed E-state index contributed by atoms with van der Waals surface area (Å²) < 4.78 is 0. The van der Waals surface area contributed by atoms with Crippen LogP contribution >= 0.6 is 0 Å². The molecule has 0 saturated heterocycles. The van der Waals surface area contributed by atoms with Gasteiger partial charge in [0.05, 0.1) is 6.04 Å². The SMILES string of the molecule is CC(CCN)C(=O)N(C)C(C)c1ccncc1. The largest absolute Gasteiger partial charge is 0.339 e. The quantitative estimate of drug-likeness (QED) is 0.843. The van der Waals surface area contributed by atoms with Gasteiger partial charge >= 0.3 is 0 Å². The van der Waals surface area contributed by atoms with Gasteiger partial charge < -0.3 is 10.6 Å². The zero-order chi connectivity index (χ0) is 12.8. The zero-order valence-electron chi connectivity index (χ0n) is 10.8. The Bertz CT molecular complexity index is 353. The van der Waals surface area contributed by atoms with E-state index in [-0.39, 0.29) is 17.9 Å². The standard InChI is InChI=1S/C13H21N3O/c1-10(4-7-14)13(17)16(3)11(2)12-5-8-15-9-6-12/h5-6,8-11H,4,7,14H2,1-3H3. The lowest BCUT2D eigenvalue weighted by molar-refractivity contribution is -0.135. The number of pyridine rings is 1. The van der Waals surface area contributed by atoms with Crippen molar-refractivity contribution in [3.05, 3.63) is 30.1 Å². The number of amides is 1. The first-order chi connectivity index (χ1) is 8.07. The van der Waals surface area contributed by atoms with Gasteiger partial charge in [-0.3, -0.25) is 9.78 Å². The molecule has 0 spiro atoms. The van der Waals surface area contributed by atoms with Gasteiger partial charge in [0.1, 0.15) is 0 Å². The van der Waals surface area contributed by atoms with E-state index in [2.05, 4.69) is 4.98 Å². The maximum absolute atomic E-state index is 12.1. The second-order valence-corrected chi connectivity index (χ2v) is 4.38. The van der Waals surface area contributed by atoms with E-state index in [1.165, 1.54) is 0 Å². The first-order valence-corrected chi connectivity index (χ1v) is 5.94. The summed E-state index contributed by atoms with van der Waals surface area (Å²) in [5.74, 6) is 0.119. The van der Waals surface area contributed by atoms with Crippen LogP contribution in [0.3, 0.4) is 0 Å². The lowest BCUT2D eigenvalue weighted by atomic mass is 10.0. The third-order valence-electron chi connectivity index (χ3n) is 3.14. The monoisotopic (exact) mass is 235 g/mol. The fourth-order valence-electron chi connectivity index (χ4n) is 1.78. The predicted molar refractivity (Wildman–Crippen MR) is 68.3 cm³/mol. The van der Waals surface area contributed by atoms with Crippen LogP contribution in [0.15, 0.2) is 24.5 Å². The Morgan fingerprint density at radius 3 is 2.53 bits per heavy atom. The molecule has 1 rings (SSSR count). The summed E-state index contributed by atoms with van der Waals surface area (Å²) in [6.07, 6.45) is 4.22. The molecule has 1 heterocycles. The molecule has 1 amide bonds. The molecule has 17 heavy (non-hydrogen) atoms. The highest BCUT2D eigenvalue weighted by atomic mass is 16.2. The molecule has 0 aliphatic rings. The Morgan fingerprint density at radius 2 is 2.00 bits per heavy atom. The molecule has 0 saturated carbocycles. The molecule has 1 aromatic rings. The van der Waals surface area contributed by atoms with Gasteiger partial charge in [-0.15, -0.1) is 0 Å². The van der Waals surface area contributed by atoms with Gasteiger partial charge in [0.25, 0.3) is 0 Å². The van der Waals surface area contributed by atoms with Crippen molar-refractivity contribution in [1.82, 2.24) is 9.88 Å². The van der Waals surface area contributed by atoms with Crippen molar-refractivity contribution in [3.63, 3.8) is 0 Å². The molecule has 0 aliphatic carbocycles. The molecule has 0 radical (unpaired) electrons. The van der Waals surface area contributed by atoms with Gasteiger partial charge in [0.15, 0.2) is 0 Å². The Hall–Kier alpha value is -1.42. The van der Waals surface area contributed by atoms with Crippen molar-refractivity contribution in [1.29, 1.82) is 0 Å². The molecule has 0 bridgehead atoms. The Labute approximate surface area is 103 Å². The van der Waals surface area contributed by atoms with E-state index in [4.69, 9.17) is 5.73 Å². The molecule has 4 heteroatoms. The molecule has 4 nitrogen and oxygen atoms in total. The van der Waals surface area contributed by atoms with Crippen LogP contribution in [-0.2, 0) is 4.79 Å². The smallest absolute Gasteiger partial charge is 0.225 e. The van der Waals surface area contributed by atoms with E-state index >= 15 is 0 Å². The third kappa shape index (κ3) is 3.53. The topological polar surface area (TPSA) is 59.2 Å². The van der Waals surface area contributed by atoms with Crippen molar-refractivity contribution >= 4 is 5.91 Å². The number of aromatic nitrogens is 1. The Balaban J connectivity index is 2.70. The lowest BCUT2D eigenvalue weighted by Crippen LogP contribution is -2.34. The zero-order valence-corrected chi connectivity index (χ0v) is 10.8. The Morgan fingerprint density at radius 1 is 1.41 bits per heavy atom. The highest BCUT2D eigenvalue weighted by Gasteiger charge is 2.21. The van der Waals surface area contributed by atoms with Crippen LogP contribution in [0.4, 0.5) is 0 Å². The Kier molecular flexibility index (Phi) is 5.10. The number of hydrogen-bond acceptors (Lipinski definition) is 3. The normalized spacial score (nSPS) is 14.1. The summed E-state index contributed by atoms with van der Waals surface area (Å²) in [5.41, 5.74) is 6.57. The summed E-state index contributed by atoms with van der Waals surface area (Å²) in [4.78, 5) is 17.9. The van der Waals surface area contributed by atoms with Crippen LogP contribution < -0.4 is 5.73 Å². The molecule has 2 atom stereocenters. The highest BCUT2D eigenvalue weighted by Crippen LogP contribution is 2.20. The molecule has 94 valence electrons. The third-order valence-corrected chi connectivity index (χ3v) is 3.14. The van der Waals surface area contributed by atoms with E-state index in [0.717, 1.165) is 12.0 Å². The highest BCUT2D eigenvalue weighted by molar-refractivity contribution is 5.78. The minimum Gasteiger partial charge on any atom is -0.339 e. The van der Waals surface area contributed by atoms with Crippen molar-refractivity contribution in [2.75, 3.05) is 13.6 Å². The van der Waals surface area contributed by atoms with Crippen molar-refractivity contribution < 1.29 is 4.79 Å². The average Bonchev–Trinajstić information content (AvgIpc) is 2.37. The summed E-state index contributed by atoms with van der Waals surface area (Å²) in [5, 5.41) is 0. The first kappa shape index (κ1) is 13.6. The molecule has 0 fully saturated rings. The van der Waals surface area contributed by atoms with Gasteiger partial charge in [-0.05, 0) is 37.6 Å². The van der Waals surface area contributed by atoms with Gasteiger partial charge in [0, 0.05) is 25.4 Å². The fourth-order valence-corrected chi connectivity index (χ4v) is 1.78. The van der Waals surface area contributed by atoms with E-state index in [1.54, 1.807) is 17.3 Å². The number of nitrogens with two attached hydrogens (primary N) is 1. The van der Waals surface area contributed by atoms with Crippen LogP contribution in [0, 0.1) is 5.92 Å². The van der Waals surface area contributed by atoms with E-state index in [0.29, 0.717) is 6.54 Å². The van der Waals surface area contributed by atoms with Gasteiger partial charge in [-0.1, -0.05) is 6.92 Å². The summed E-state index contributed by atoms with van der Waals surface area (Å²) in [6.45, 7) is 4.48. The first-order valence-electron chi connectivity index (χ1n) is 5.94. The maximum atomic E-state index is 12.1. The number of nitrogens with zero attached hydrogens (tertiary/aromatic N) is 2. The molecule has 1 aromatic heterocycles. The number of rotatable bonds is 5. The molecular weight excluding hydrogens is 214 g/mol. The maximum Gasteiger partial charge on any atom is 0.225 e. The lowest BCUT2D eigenvalue weighted by Gasteiger charge is -2.27. The van der Waals surface area contributed by atoms with Crippen molar-refractivity contribution in [2.45, 2.75) is 26.3 Å². The van der Waals surface area contributed by atoms with Crippen molar-refractivity contribution in [2.24, 2.45) is 11.7 Å². The van der Waals surface area contributed by atoms with Gasteiger partial charge in [-0.2, -0.15) is 0 Å². The number of carbonyl (C=O) groups is 1. The van der Waals surface area contributed by atoms with E-state index < -0.39 is 0 Å². The van der Waals surface area contributed by atoms with Crippen molar-refractivity contribution in [3.8, 4) is 0 Å². The van der Waals surface area contributed by atoms with E-state index in [1.807, 2.05) is 33.0 Å². The van der Waals surface area contributed by atoms with Crippen LogP contribution in [-0.4, -0.2) is 29.4 Å². The summed E-state index contributed by atoms with van der Waals surface area (Å²) in [7, 11) is 1.83. The van der Waals surface area contributed by atoms with Gasteiger partial charge in [-0.25, -0.2) is 0 Å². The molecule has 0 aliphatic heterocycles. The van der Waals surface area contributed by atoms with Crippen LogP contribution in [0.2, 0.25) is 0 Å². The molecular formula is C13H21N3O. The predicted octanol–water partition coefficient (Wildman–Crippen LogP) is 1.59. The molecule has 2 N–H and O–H groups in total. The van der Waals surface area contributed by atoms with Crippen LogP contribution in [0.5, 0.6) is 0 Å². The van der Waals surface area contributed by atoms with Crippen LogP contribution in [0.1, 0.15) is 31.9 Å². The number of hydrogen-bond donors (Lipinski definition) is 1. The molecule has 2 unspecified atom stereocenters. The second-order valence-electron chi connectivity index (χ2n) is 4.38. The van der Waals surface area contributed by atoms with Gasteiger partial charge in [0.2, 0.25) is 5.91 Å². The average molecular weight is 235 g/mol.